The van der Waals surface area contributed by atoms with Crippen LogP contribution in [0.4, 0.5) is 5.69 Å². The highest BCUT2D eigenvalue weighted by Gasteiger charge is 2.19. The Morgan fingerprint density at radius 2 is 2.04 bits per heavy atom. The summed E-state index contributed by atoms with van der Waals surface area (Å²) in [5, 5.41) is 20.6. The first kappa shape index (κ1) is 17.7. The largest absolute Gasteiger partial charge is 0.496 e. The van der Waals surface area contributed by atoms with Crippen molar-refractivity contribution in [1.82, 2.24) is 4.98 Å². The molecule has 0 aliphatic heterocycles. The predicted octanol–water partition coefficient (Wildman–Crippen LogP) is 3.17. The number of nitriles is 1. The number of carbonyl (C=O) groups excluding carboxylic acids is 1. The van der Waals surface area contributed by atoms with Crippen molar-refractivity contribution in [3.8, 4) is 23.1 Å². The van der Waals surface area contributed by atoms with Crippen molar-refractivity contribution in [2.45, 2.75) is 0 Å². The third-order valence-electron chi connectivity index (χ3n) is 3.70. The zero-order valence-corrected chi connectivity index (χ0v) is 14.1. The van der Waals surface area contributed by atoms with E-state index in [4.69, 9.17) is 14.4 Å². The lowest BCUT2D eigenvalue weighted by Crippen LogP contribution is -2.15. The van der Waals surface area contributed by atoms with Gasteiger partial charge in [0.1, 0.15) is 5.75 Å². The van der Waals surface area contributed by atoms with Crippen LogP contribution in [0.1, 0.15) is 26.6 Å². The van der Waals surface area contributed by atoms with Crippen LogP contribution in [0.3, 0.4) is 0 Å². The number of carboxylic acid groups (broad SMARTS) is 1. The number of rotatable bonds is 5. The minimum Gasteiger partial charge on any atom is -0.496 e. The Bertz CT molecular complexity index is 1070. The van der Waals surface area contributed by atoms with Gasteiger partial charge in [0.15, 0.2) is 5.76 Å². The van der Waals surface area contributed by atoms with Gasteiger partial charge in [-0.2, -0.15) is 5.26 Å². The Balaban J connectivity index is 1.88. The summed E-state index contributed by atoms with van der Waals surface area (Å²) in [4.78, 5) is 27.7. The Labute approximate surface area is 153 Å². The van der Waals surface area contributed by atoms with E-state index in [0.717, 1.165) is 0 Å². The normalized spacial score (nSPS) is 10.1. The molecule has 0 radical (unpaired) electrons. The van der Waals surface area contributed by atoms with E-state index < -0.39 is 11.9 Å². The van der Waals surface area contributed by atoms with Gasteiger partial charge in [0, 0.05) is 0 Å². The zero-order chi connectivity index (χ0) is 19.4. The van der Waals surface area contributed by atoms with E-state index in [-0.39, 0.29) is 22.7 Å². The SMILES string of the molecule is COc1ccccc1-c1cnc(C(=O)Nc2ccc(C#N)cc2C(=O)O)o1. The van der Waals surface area contributed by atoms with Crippen molar-refractivity contribution in [1.29, 1.82) is 5.26 Å². The summed E-state index contributed by atoms with van der Waals surface area (Å²) in [5.41, 5.74) is 0.610. The van der Waals surface area contributed by atoms with Crippen molar-refractivity contribution in [3.05, 3.63) is 65.7 Å². The molecule has 0 fully saturated rings. The van der Waals surface area contributed by atoms with Crippen LogP contribution in [-0.4, -0.2) is 29.1 Å². The van der Waals surface area contributed by atoms with E-state index in [0.29, 0.717) is 17.1 Å². The van der Waals surface area contributed by atoms with Crippen LogP contribution >= 0.6 is 0 Å². The Morgan fingerprint density at radius 1 is 1.26 bits per heavy atom. The van der Waals surface area contributed by atoms with Gasteiger partial charge < -0.3 is 19.6 Å². The second-order valence-corrected chi connectivity index (χ2v) is 5.36. The van der Waals surface area contributed by atoms with Crippen molar-refractivity contribution in [2.75, 3.05) is 12.4 Å². The number of aromatic carboxylic acids is 1. The molecule has 8 nitrogen and oxygen atoms in total. The van der Waals surface area contributed by atoms with Gasteiger partial charge in [-0.05, 0) is 30.3 Å². The van der Waals surface area contributed by atoms with Crippen LogP contribution in [0.15, 0.2) is 53.1 Å². The number of hydrogen-bond donors (Lipinski definition) is 2. The number of oxazole rings is 1. The van der Waals surface area contributed by atoms with E-state index in [9.17, 15) is 14.7 Å². The fourth-order valence-electron chi connectivity index (χ4n) is 2.43. The molecule has 0 atom stereocenters. The topological polar surface area (TPSA) is 125 Å². The van der Waals surface area contributed by atoms with Gasteiger partial charge in [0.05, 0.1) is 41.8 Å². The Morgan fingerprint density at radius 3 is 2.74 bits per heavy atom. The molecule has 134 valence electrons. The molecular formula is C19H13N3O5. The third-order valence-corrected chi connectivity index (χ3v) is 3.70. The molecular weight excluding hydrogens is 350 g/mol. The molecule has 3 rings (SSSR count). The molecule has 27 heavy (non-hydrogen) atoms. The molecule has 3 aromatic rings. The van der Waals surface area contributed by atoms with Crippen molar-refractivity contribution in [2.24, 2.45) is 0 Å². The number of anilines is 1. The van der Waals surface area contributed by atoms with Crippen LogP contribution in [0.2, 0.25) is 0 Å². The number of ether oxygens (including phenoxy) is 1. The molecule has 8 heteroatoms. The number of amides is 1. The van der Waals surface area contributed by atoms with Gasteiger partial charge in [-0.3, -0.25) is 4.79 Å². The van der Waals surface area contributed by atoms with Crippen molar-refractivity contribution >= 4 is 17.6 Å². The zero-order valence-electron chi connectivity index (χ0n) is 14.1. The number of para-hydroxylation sites is 1. The fraction of sp³-hybridized carbons (Fsp3) is 0.0526. The summed E-state index contributed by atoms with van der Waals surface area (Å²) in [6.45, 7) is 0. The van der Waals surface area contributed by atoms with E-state index in [2.05, 4.69) is 10.3 Å². The molecule has 0 unspecified atom stereocenters. The Kier molecular flexibility index (Phi) is 4.86. The maximum atomic E-state index is 12.4. The molecule has 2 aromatic carbocycles. The highest BCUT2D eigenvalue weighted by molar-refractivity contribution is 6.05. The van der Waals surface area contributed by atoms with E-state index in [1.54, 1.807) is 24.3 Å². The number of aromatic nitrogens is 1. The molecule has 2 N–H and O–H groups in total. The highest BCUT2D eigenvalue weighted by Crippen LogP contribution is 2.30. The minimum atomic E-state index is -1.27. The van der Waals surface area contributed by atoms with Gasteiger partial charge in [0.25, 0.3) is 5.89 Å². The number of carboxylic acids is 1. The smallest absolute Gasteiger partial charge is 0.337 e. The first-order valence-corrected chi connectivity index (χ1v) is 7.71. The lowest BCUT2D eigenvalue weighted by atomic mass is 10.1. The molecule has 0 aliphatic carbocycles. The average Bonchev–Trinajstić information content (AvgIpc) is 3.18. The van der Waals surface area contributed by atoms with Crippen LogP contribution in [0.5, 0.6) is 5.75 Å². The number of methoxy groups -OCH3 is 1. The van der Waals surface area contributed by atoms with Crippen LogP contribution in [0.25, 0.3) is 11.3 Å². The van der Waals surface area contributed by atoms with Crippen LogP contribution in [0, 0.1) is 11.3 Å². The first-order chi connectivity index (χ1) is 13.0. The number of carbonyl (C=O) groups is 2. The molecule has 0 saturated heterocycles. The number of hydrogen-bond acceptors (Lipinski definition) is 6. The van der Waals surface area contributed by atoms with Gasteiger partial charge >= 0.3 is 11.9 Å². The maximum absolute atomic E-state index is 12.4. The van der Waals surface area contributed by atoms with E-state index in [1.807, 2.05) is 6.07 Å². The second kappa shape index (κ2) is 7.41. The molecule has 1 amide bonds. The van der Waals surface area contributed by atoms with Crippen LogP contribution < -0.4 is 10.1 Å². The van der Waals surface area contributed by atoms with Crippen molar-refractivity contribution < 1.29 is 23.8 Å². The van der Waals surface area contributed by atoms with E-state index >= 15 is 0 Å². The van der Waals surface area contributed by atoms with Crippen LogP contribution in [-0.2, 0) is 0 Å². The summed E-state index contributed by atoms with van der Waals surface area (Å²) < 4.78 is 10.7. The summed E-state index contributed by atoms with van der Waals surface area (Å²) >= 11 is 0. The Hall–Kier alpha value is -4.12. The highest BCUT2D eigenvalue weighted by atomic mass is 16.5. The van der Waals surface area contributed by atoms with Gasteiger partial charge in [0.2, 0.25) is 0 Å². The quantitative estimate of drug-likeness (QED) is 0.713. The van der Waals surface area contributed by atoms with E-state index in [1.165, 1.54) is 31.5 Å². The number of nitrogens with zero attached hydrogens (tertiary/aromatic N) is 2. The monoisotopic (exact) mass is 363 g/mol. The standard InChI is InChI=1S/C19H13N3O5/c1-26-15-5-3-2-4-12(15)16-10-21-18(27-16)17(23)22-14-7-6-11(9-20)8-13(14)19(24)25/h2-8,10H,1H3,(H,22,23)(H,24,25). The van der Waals surface area contributed by atoms with Gasteiger partial charge in [-0.25, -0.2) is 9.78 Å². The molecule has 0 bridgehead atoms. The second-order valence-electron chi connectivity index (χ2n) is 5.36. The average molecular weight is 363 g/mol. The van der Waals surface area contributed by atoms with Gasteiger partial charge in [-0.1, -0.05) is 12.1 Å². The molecule has 1 aromatic heterocycles. The number of benzene rings is 2. The molecule has 0 aliphatic rings. The summed E-state index contributed by atoms with van der Waals surface area (Å²) in [6, 6.07) is 12.8. The molecule has 0 saturated carbocycles. The lowest BCUT2D eigenvalue weighted by molar-refractivity contribution is 0.0698. The summed E-state index contributed by atoms with van der Waals surface area (Å²) in [6.07, 6.45) is 1.38. The molecule has 0 spiro atoms. The fourth-order valence-corrected chi connectivity index (χ4v) is 2.43. The molecule has 1 heterocycles. The first-order valence-electron chi connectivity index (χ1n) is 7.71. The summed E-state index contributed by atoms with van der Waals surface area (Å²) in [5.74, 6) is -1.35. The number of nitrogens with one attached hydrogen (secondary N) is 1. The summed E-state index contributed by atoms with van der Waals surface area (Å²) in [7, 11) is 1.52. The predicted molar refractivity (Wildman–Crippen MR) is 94.6 cm³/mol. The lowest BCUT2D eigenvalue weighted by Gasteiger charge is -2.07. The minimum absolute atomic E-state index is 0.0311. The maximum Gasteiger partial charge on any atom is 0.337 e. The van der Waals surface area contributed by atoms with Crippen molar-refractivity contribution in [3.63, 3.8) is 0 Å². The van der Waals surface area contributed by atoms with Gasteiger partial charge in [-0.15, -0.1) is 0 Å². The third kappa shape index (κ3) is 3.62.